The lowest BCUT2D eigenvalue weighted by atomic mass is 9.88. The molecule has 138 valence electrons. The average Bonchev–Trinajstić information content (AvgIpc) is 3.30. The molecule has 0 bridgehead atoms. The lowest BCUT2D eigenvalue weighted by Crippen LogP contribution is -2.51. The van der Waals surface area contributed by atoms with E-state index in [0.717, 1.165) is 18.4 Å². The Morgan fingerprint density at radius 2 is 2.15 bits per heavy atom. The molecule has 1 atom stereocenters. The smallest absolute Gasteiger partial charge is 0.252 e. The monoisotopic (exact) mass is 357 g/mol. The molecule has 0 unspecified atom stereocenters. The Kier molecular flexibility index (Phi) is 4.74. The van der Waals surface area contributed by atoms with Crippen molar-refractivity contribution in [3.63, 3.8) is 0 Å². The molecule has 1 amide bonds. The predicted octanol–water partition coefficient (Wildman–Crippen LogP) is 2.07. The summed E-state index contributed by atoms with van der Waals surface area (Å²) in [5.74, 6) is 0.803. The molecule has 0 spiro atoms. The van der Waals surface area contributed by atoms with Crippen molar-refractivity contribution in [1.29, 1.82) is 0 Å². The van der Waals surface area contributed by atoms with Gasteiger partial charge in [0.1, 0.15) is 12.1 Å². The summed E-state index contributed by atoms with van der Waals surface area (Å²) < 4.78 is 16.0. The molecular formula is C19H23N3O4. The summed E-state index contributed by atoms with van der Waals surface area (Å²) >= 11 is 0. The molecule has 7 nitrogen and oxygen atoms in total. The van der Waals surface area contributed by atoms with Gasteiger partial charge in [-0.15, -0.1) is 0 Å². The van der Waals surface area contributed by atoms with Crippen molar-refractivity contribution < 1.29 is 18.8 Å². The highest BCUT2D eigenvalue weighted by Gasteiger charge is 2.43. The van der Waals surface area contributed by atoms with E-state index in [1.54, 1.807) is 7.11 Å². The normalized spacial score (nSPS) is 21.3. The van der Waals surface area contributed by atoms with Gasteiger partial charge in [-0.1, -0.05) is 29.4 Å². The largest absolute Gasteiger partial charge is 0.381 e. The molecule has 26 heavy (non-hydrogen) atoms. The number of amides is 1. The summed E-state index contributed by atoms with van der Waals surface area (Å²) in [6.45, 7) is 1.37. The van der Waals surface area contributed by atoms with Crippen molar-refractivity contribution in [2.75, 3.05) is 20.3 Å². The number of hydrogen-bond acceptors (Lipinski definition) is 6. The molecule has 0 radical (unpaired) electrons. The third-order valence-electron chi connectivity index (χ3n) is 5.31. The van der Waals surface area contributed by atoms with Crippen LogP contribution in [0.15, 0.2) is 28.8 Å². The number of nitrogens with one attached hydrogen (secondary N) is 1. The zero-order valence-corrected chi connectivity index (χ0v) is 14.9. The first-order valence-electron chi connectivity index (χ1n) is 9.01. The molecule has 1 aromatic heterocycles. The van der Waals surface area contributed by atoms with Crippen LogP contribution >= 0.6 is 0 Å². The Labute approximate surface area is 152 Å². The zero-order valence-electron chi connectivity index (χ0n) is 14.9. The molecular weight excluding hydrogens is 334 g/mol. The van der Waals surface area contributed by atoms with Gasteiger partial charge < -0.3 is 19.3 Å². The molecule has 7 heteroatoms. The van der Waals surface area contributed by atoms with Crippen LogP contribution < -0.4 is 5.32 Å². The van der Waals surface area contributed by atoms with E-state index in [9.17, 15) is 4.79 Å². The van der Waals surface area contributed by atoms with Gasteiger partial charge in [0.05, 0.1) is 5.92 Å². The maximum Gasteiger partial charge on any atom is 0.252 e. The highest BCUT2D eigenvalue weighted by atomic mass is 16.5. The first kappa shape index (κ1) is 17.2. The third-order valence-corrected chi connectivity index (χ3v) is 5.31. The fraction of sp³-hybridized carbons (Fsp3) is 0.526. The number of methoxy groups -OCH3 is 1. The maximum absolute atomic E-state index is 13.1. The van der Waals surface area contributed by atoms with Gasteiger partial charge in [-0.2, -0.15) is 4.98 Å². The van der Waals surface area contributed by atoms with Crippen molar-refractivity contribution >= 4 is 5.91 Å². The number of aryl methyl sites for hydroxylation is 1. The summed E-state index contributed by atoms with van der Waals surface area (Å²) in [5.41, 5.74) is 1.71. The molecule has 4 rings (SSSR count). The number of carbonyl (C=O) groups is 1. The number of fused-ring (bicyclic) bond motifs is 1. The minimum absolute atomic E-state index is 0.0170. The number of benzene rings is 1. The third kappa shape index (κ3) is 3.12. The Bertz CT molecular complexity index is 783. The standard InChI is InChI=1S/C19H23N3O4/c1-24-12-16-20-18(26-22-16)19(8-10-25-11-9-19)21-17(23)15-7-6-13-4-2-3-5-14(13)15/h2-5,15H,6-12H2,1H3,(H,21,23)/t15-/m1/s1. The van der Waals surface area contributed by atoms with Crippen molar-refractivity contribution in [3.05, 3.63) is 47.1 Å². The average molecular weight is 357 g/mol. The summed E-state index contributed by atoms with van der Waals surface area (Å²) in [5, 5.41) is 7.19. The molecule has 1 aliphatic carbocycles. The number of aromatic nitrogens is 2. The Hall–Kier alpha value is -2.25. The van der Waals surface area contributed by atoms with Crippen LogP contribution in [-0.2, 0) is 32.8 Å². The number of ether oxygens (including phenoxy) is 2. The number of nitrogens with zero attached hydrogens (tertiary/aromatic N) is 2. The van der Waals surface area contributed by atoms with Crippen LogP contribution in [0.4, 0.5) is 0 Å². The van der Waals surface area contributed by atoms with Crippen molar-refractivity contribution in [1.82, 2.24) is 15.5 Å². The predicted molar refractivity (Wildman–Crippen MR) is 92.4 cm³/mol. The quantitative estimate of drug-likeness (QED) is 0.881. The fourth-order valence-electron chi connectivity index (χ4n) is 3.90. The molecule has 1 fully saturated rings. The van der Waals surface area contributed by atoms with E-state index in [1.165, 1.54) is 5.56 Å². The van der Waals surface area contributed by atoms with Crippen molar-refractivity contribution in [3.8, 4) is 0 Å². The molecule has 0 saturated carbocycles. The first-order valence-corrected chi connectivity index (χ1v) is 9.01. The first-order chi connectivity index (χ1) is 12.7. The van der Waals surface area contributed by atoms with E-state index < -0.39 is 5.54 Å². The maximum atomic E-state index is 13.1. The molecule has 2 heterocycles. The minimum Gasteiger partial charge on any atom is -0.381 e. The second-order valence-electron chi connectivity index (χ2n) is 6.92. The van der Waals surface area contributed by atoms with E-state index in [-0.39, 0.29) is 18.4 Å². The van der Waals surface area contributed by atoms with Crippen LogP contribution in [0.25, 0.3) is 0 Å². The van der Waals surface area contributed by atoms with Crippen molar-refractivity contribution in [2.24, 2.45) is 0 Å². The minimum atomic E-state index is -0.675. The van der Waals surface area contributed by atoms with E-state index >= 15 is 0 Å². The molecule has 2 aromatic rings. The van der Waals surface area contributed by atoms with Gasteiger partial charge >= 0.3 is 0 Å². The second-order valence-corrected chi connectivity index (χ2v) is 6.92. The Morgan fingerprint density at radius 3 is 2.96 bits per heavy atom. The van der Waals surface area contributed by atoms with Gasteiger partial charge in [0.25, 0.3) is 5.89 Å². The number of hydrogen-bond donors (Lipinski definition) is 1. The van der Waals surface area contributed by atoms with Gasteiger partial charge in [0, 0.05) is 33.2 Å². The van der Waals surface area contributed by atoms with E-state index in [4.69, 9.17) is 14.0 Å². The highest BCUT2D eigenvalue weighted by Crippen LogP contribution is 2.36. The van der Waals surface area contributed by atoms with Gasteiger partial charge in [0.15, 0.2) is 5.82 Å². The lowest BCUT2D eigenvalue weighted by Gasteiger charge is -2.35. The molecule has 1 saturated heterocycles. The van der Waals surface area contributed by atoms with E-state index in [0.29, 0.717) is 37.8 Å². The van der Waals surface area contributed by atoms with Gasteiger partial charge in [-0.05, 0) is 24.0 Å². The van der Waals surface area contributed by atoms with Gasteiger partial charge in [-0.3, -0.25) is 4.79 Å². The van der Waals surface area contributed by atoms with Crippen LogP contribution in [0.3, 0.4) is 0 Å². The van der Waals surface area contributed by atoms with E-state index in [1.807, 2.05) is 18.2 Å². The van der Waals surface area contributed by atoms with Gasteiger partial charge in [-0.25, -0.2) is 0 Å². The lowest BCUT2D eigenvalue weighted by molar-refractivity contribution is -0.126. The molecule has 1 aliphatic heterocycles. The molecule has 1 N–H and O–H groups in total. The van der Waals surface area contributed by atoms with Crippen LogP contribution in [0, 0.1) is 0 Å². The fourth-order valence-corrected chi connectivity index (χ4v) is 3.90. The van der Waals surface area contributed by atoms with Crippen LogP contribution in [0.5, 0.6) is 0 Å². The topological polar surface area (TPSA) is 86.5 Å². The molecule has 1 aromatic carbocycles. The summed E-state index contributed by atoms with van der Waals surface area (Å²) in [7, 11) is 1.58. The van der Waals surface area contributed by atoms with Crippen LogP contribution in [-0.4, -0.2) is 36.4 Å². The Morgan fingerprint density at radius 1 is 1.35 bits per heavy atom. The summed E-state index contributed by atoms with van der Waals surface area (Å²) in [4.78, 5) is 17.6. The van der Waals surface area contributed by atoms with Crippen LogP contribution in [0.1, 0.15) is 48.0 Å². The number of rotatable bonds is 5. The highest BCUT2D eigenvalue weighted by molar-refractivity contribution is 5.85. The second kappa shape index (κ2) is 7.17. The van der Waals surface area contributed by atoms with E-state index in [2.05, 4.69) is 21.5 Å². The number of carbonyl (C=O) groups excluding carboxylic acids is 1. The summed E-state index contributed by atoms with van der Waals surface area (Å²) in [6.07, 6.45) is 2.99. The van der Waals surface area contributed by atoms with Crippen molar-refractivity contribution in [2.45, 2.75) is 43.7 Å². The Balaban J connectivity index is 1.58. The molecule has 2 aliphatic rings. The van der Waals surface area contributed by atoms with Crippen LogP contribution in [0.2, 0.25) is 0 Å². The zero-order chi connectivity index (χ0) is 18.0. The summed E-state index contributed by atoms with van der Waals surface area (Å²) in [6, 6.07) is 8.16. The van der Waals surface area contributed by atoms with Gasteiger partial charge in [0.2, 0.25) is 5.91 Å². The SMILES string of the molecule is COCc1noc(C2(NC(=O)[C@@H]3CCc4ccccc43)CCOCC2)n1.